The molecule has 0 unspecified atom stereocenters. The van der Waals surface area contributed by atoms with Gasteiger partial charge < -0.3 is 96.7 Å². The minimum atomic E-state index is -1.67. The van der Waals surface area contributed by atoms with E-state index in [2.05, 4.69) is 36.9 Å². The van der Waals surface area contributed by atoms with Crippen LogP contribution in [0.15, 0.2) is 4.99 Å². The van der Waals surface area contributed by atoms with E-state index in [0.717, 1.165) is 0 Å². The Bertz CT molecular complexity index is 1770. The van der Waals surface area contributed by atoms with E-state index in [-0.39, 0.29) is 56.9 Å². The third-order valence-electron chi connectivity index (χ3n) is 11.1. The van der Waals surface area contributed by atoms with Gasteiger partial charge in [-0.3, -0.25) is 38.6 Å². The van der Waals surface area contributed by atoms with Crippen LogP contribution in [0.3, 0.4) is 0 Å². The van der Waals surface area contributed by atoms with Gasteiger partial charge in [0, 0.05) is 36.6 Å². The Labute approximate surface area is 444 Å². The van der Waals surface area contributed by atoms with Crippen molar-refractivity contribution in [2.45, 2.75) is 103 Å². The minimum absolute atomic E-state index is 0.00377. The van der Waals surface area contributed by atoms with E-state index >= 15 is 0 Å². The number of carboxylic acid groups (broad SMARTS) is 2. The first-order valence-electron chi connectivity index (χ1n) is 25.3. The average Bonchev–Trinajstić information content (AvgIpc) is 3.33. The van der Waals surface area contributed by atoms with Gasteiger partial charge >= 0.3 is 11.9 Å². The lowest BCUT2D eigenvalue weighted by Gasteiger charge is -2.51. The van der Waals surface area contributed by atoms with Crippen molar-refractivity contribution in [3.8, 4) is 0 Å². The summed E-state index contributed by atoms with van der Waals surface area (Å²) in [5.41, 5.74) is 9.71. The van der Waals surface area contributed by atoms with E-state index in [1.54, 1.807) is 0 Å². The van der Waals surface area contributed by atoms with Crippen molar-refractivity contribution < 1.29 is 91.7 Å². The highest BCUT2D eigenvalue weighted by Gasteiger charge is 2.47. The van der Waals surface area contributed by atoms with Crippen LogP contribution < -0.4 is 43.4 Å². The molecule has 1 fully saturated rings. The number of aliphatic carboxylic acids is 2. The summed E-state index contributed by atoms with van der Waals surface area (Å²) in [7, 11) is 0. The maximum atomic E-state index is 13.0. The normalized spacial score (nSPS) is 15.4. The van der Waals surface area contributed by atoms with Crippen molar-refractivity contribution >= 4 is 53.3 Å². The highest BCUT2D eigenvalue weighted by molar-refractivity contribution is 5.95. The van der Waals surface area contributed by atoms with Gasteiger partial charge in [0.1, 0.15) is 31.3 Å². The van der Waals surface area contributed by atoms with Crippen molar-refractivity contribution in [2.24, 2.45) is 28.3 Å². The monoisotopic (exact) mass is 1090 g/mol. The number of hydroxylamine groups is 2. The van der Waals surface area contributed by atoms with Gasteiger partial charge in [0.05, 0.1) is 105 Å². The van der Waals surface area contributed by atoms with Gasteiger partial charge in [-0.1, -0.05) is 13.8 Å². The lowest BCUT2D eigenvalue weighted by molar-refractivity contribution is -0.249. The van der Waals surface area contributed by atoms with E-state index < -0.39 is 103 Å². The molecule has 1 rings (SSSR count). The number of piperidine rings is 1. The summed E-state index contributed by atoms with van der Waals surface area (Å²) >= 11 is 0. The predicted octanol–water partition coefficient (Wildman–Crippen LogP) is -3.15. The molecule has 13 N–H and O–H groups in total. The zero-order valence-corrected chi connectivity index (χ0v) is 45.0. The smallest absolute Gasteiger partial charge is 0.326 e. The largest absolute Gasteiger partial charge is 0.481 e. The standard InChI is InChI=1S/C47H86N10O19/c1-32(2)40(44(66)67)56-43(65)35(26-39(61)62)55-36(58)29-53-42(64)34(8-7-9-52-45(48)49)54-38(60)31-76-30-37(59)50-10-12-69-14-16-71-18-20-73-22-24-75-25-23-74-21-19-72-17-15-70-13-11-51-41(63)33-27-46(3,4)57(68)47(5,6)28-33/h32-35,40,68H,7-31H2,1-6H3,(H,50,59)(H,51,63)(H,53,64)(H,54,60)(H,55,58)(H,56,65)(H,61,62)(H,66,67)(H4,48,49,52)/t34-,35-,40-/m0/s1. The summed E-state index contributed by atoms with van der Waals surface area (Å²) in [5.74, 6) is -7.97. The number of carbonyl (C=O) groups excluding carboxylic acids is 6. The van der Waals surface area contributed by atoms with Gasteiger partial charge in [-0.15, -0.1) is 0 Å². The van der Waals surface area contributed by atoms with Crippen molar-refractivity contribution in [1.29, 1.82) is 0 Å². The van der Waals surface area contributed by atoms with Gasteiger partial charge in [0.15, 0.2) is 5.96 Å². The highest BCUT2D eigenvalue weighted by atomic mass is 16.6. The van der Waals surface area contributed by atoms with Gasteiger partial charge in [-0.05, 0) is 59.3 Å². The fourth-order valence-electron chi connectivity index (χ4n) is 7.51. The molecule has 438 valence electrons. The fraction of sp³-hybridized carbons (Fsp3) is 0.809. The fourth-order valence-corrected chi connectivity index (χ4v) is 7.51. The molecule has 1 aliphatic rings. The van der Waals surface area contributed by atoms with Crippen LogP contribution in [0.5, 0.6) is 0 Å². The number of ether oxygens (including phenoxy) is 8. The molecule has 0 spiro atoms. The lowest BCUT2D eigenvalue weighted by atomic mass is 9.75. The maximum Gasteiger partial charge on any atom is 0.326 e. The number of nitrogens with two attached hydrogens (primary N) is 2. The summed E-state index contributed by atoms with van der Waals surface area (Å²) in [6.45, 7) is 14.6. The number of carboxylic acids is 2. The van der Waals surface area contributed by atoms with Gasteiger partial charge in [0.2, 0.25) is 35.4 Å². The second kappa shape index (κ2) is 39.1. The Morgan fingerprint density at radius 2 is 1.04 bits per heavy atom. The van der Waals surface area contributed by atoms with E-state index in [1.165, 1.54) is 18.9 Å². The molecule has 29 nitrogen and oxygen atoms in total. The van der Waals surface area contributed by atoms with E-state index in [0.29, 0.717) is 98.7 Å². The van der Waals surface area contributed by atoms with Crippen LogP contribution in [-0.4, -0.2) is 235 Å². The van der Waals surface area contributed by atoms with Gasteiger partial charge in [-0.25, -0.2) is 4.79 Å². The number of nitrogens with zero attached hydrogens (tertiary/aromatic N) is 2. The third-order valence-corrected chi connectivity index (χ3v) is 11.1. The number of hydrogen-bond acceptors (Lipinski definition) is 19. The molecule has 1 aliphatic heterocycles. The molecule has 6 amide bonds. The summed E-state index contributed by atoms with van der Waals surface area (Å²) in [4.78, 5) is 103. The summed E-state index contributed by atoms with van der Waals surface area (Å²) in [6.07, 6.45) is 0.470. The molecule has 0 aromatic heterocycles. The van der Waals surface area contributed by atoms with Crippen LogP contribution in [-0.2, 0) is 76.3 Å². The number of aliphatic imine (C=N–C) groups is 1. The summed E-state index contributed by atoms with van der Waals surface area (Å²) in [5, 5.41) is 45.0. The molecule has 0 aromatic carbocycles. The van der Waals surface area contributed by atoms with Crippen LogP contribution in [0.1, 0.15) is 73.6 Å². The quantitative estimate of drug-likeness (QED) is 0.0163. The topological polar surface area (TPSA) is 411 Å². The first-order chi connectivity index (χ1) is 36.0. The molecule has 1 saturated heterocycles. The van der Waals surface area contributed by atoms with E-state index in [1.807, 2.05) is 27.7 Å². The number of rotatable bonds is 44. The first-order valence-corrected chi connectivity index (χ1v) is 25.3. The highest BCUT2D eigenvalue weighted by Crippen LogP contribution is 2.39. The van der Waals surface area contributed by atoms with Crippen LogP contribution in [0.25, 0.3) is 0 Å². The summed E-state index contributed by atoms with van der Waals surface area (Å²) in [6, 6.07) is -4.26. The molecule has 3 atom stereocenters. The first kappa shape index (κ1) is 68.6. The van der Waals surface area contributed by atoms with Crippen molar-refractivity contribution in [2.75, 3.05) is 132 Å². The van der Waals surface area contributed by atoms with Crippen LogP contribution in [0.2, 0.25) is 0 Å². The molecule has 1 heterocycles. The van der Waals surface area contributed by atoms with Gasteiger partial charge in [0.25, 0.3) is 0 Å². The van der Waals surface area contributed by atoms with Crippen LogP contribution >= 0.6 is 0 Å². The summed E-state index contributed by atoms with van der Waals surface area (Å²) < 4.78 is 43.6. The van der Waals surface area contributed by atoms with Crippen molar-refractivity contribution in [3.05, 3.63) is 0 Å². The van der Waals surface area contributed by atoms with Crippen molar-refractivity contribution in [1.82, 2.24) is 37.0 Å². The molecule has 0 bridgehead atoms. The molecule has 29 heteroatoms. The molecular formula is C47H86N10O19. The van der Waals surface area contributed by atoms with Gasteiger partial charge in [-0.2, -0.15) is 5.06 Å². The third kappa shape index (κ3) is 32.3. The second-order valence-electron chi connectivity index (χ2n) is 19.0. The molecule has 0 aliphatic carbocycles. The number of nitrogens with one attached hydrogen (secondary N) is 6. The van der Waals surface area contributed by atoms with Crippen molar-refractivity contribution in [3.63, 3.8) is 0 Å². The number of hydrogen-bond donors (Lipinski definition) is 11. The molecular weight excluding hydrogens is 1010 g/mol. The Morgan fingerprint density at radius 3 is 1.49 bits per heavy atom. The van der Waals surface area contributed by atoms with E-state index in [4.69, 9.17) is 49.4 Å². The van der Waals surface area contributed by atoms with E-state index in [9.17, 15) is 53.8 Å². The number of amides is 6. The number of carbonyl (C=O) groups is 8. The van der Waals surface area contributed by atoms with Crippen LogP contribution in [0, 0.1) is 11.8 Å². The second-order valence-corrected chi connectivity index (χ2v) is 19.0. The average molecular weight is 1100 g/mol. The van der Waals surface area contributed by atoms with Crippen LogP contribution in [0.4, 0.5) is 0 Å². The molecule has 0 radical (unpaired) electrons. The minimum Gasteiger partial charge on any atom is -0.481 e. The Hall–Kier alpha value is -5.37. The maximum absolute atomic E-state index is 13.0. The zero-order chi connectivity index (χ0) is 56.9. The lowest BCUT2D eigenvalue weighted by Crippen LogP contribution is -2.60. The molecule has 0 aromatic rings. The zero-order valence-electron chi connectivity index (χ0n) is 45.0. The predicted molar refractivity (Wildman–Crippen MR) is 271 cm³/mol. The molecule has 76 heavy (non-hydrogen) atoms. The molecule has 0 saturated carbocycles. The SMILES string of the molecule is CC(C)[C@H](NC(=O)[C@H](CC(=O)O)NC(=O)CNC(=O)[C@H](CCCN=C(N)N)NC(=O)COCC(=O)NCCOCCOCCOCCOCCOCCOCCOCCNC(=O)C1CC(C)(C)N(O)C(C)(C)C1)C(=O)O. The Balaban J connectivity index is 2.11. The Kier molecular flexibility index (Phi) is 35.3. The number of guanidine groups is 1. The Morgan fingerprint density at radius 1 is 0.592 bits per heavy atom.